The number of rotatable bonds is 2. The lowest BCUT2D eigenvalue weighted by Crippen LogP contribution is -2.01. The Bertz CT molecular complexity index is 598. The monoisotopic (exact) mass is 211 g/mol. The number of isocyanates is 1. The first-order valence-corrected chi connectivity index (χ1v) is 5.14. The molecule has 4 heteroatoms. The van der Waals surface area contributed by atoms with Crippen molar-refractivity contribution in [2.24, 2.45) is 4.99 Å². The number of aliphatic imine (C=N–C) groups is 1. The predicted octanol–water partition coefficient (Wildman–Crippen LogP) is 1.95. The predicted molar refractivity (Wildman–Crippen MR) is 58.6 cm³/mol. The van der Waals surface area contributed by atoms with E-state index in [4.69, 9.17) is 0 Å². The standard InChI is InChI=1S/C12H9N3O/c16-8-13-12(3-4-12)11-2-1-9-6-14-15-7-10(9)5-11/h1-2,5-7H,3-4H2. The van der Waals surface area contributed by atoms with Crippen LogP contribution >= 0.6 is 0 Å². The van der Waals surface area contributed by atoms with Crippen LogP contribution < -0.4 is 0 Å². The summed E-state index contributed by atoms with van der Waals surface area (Å²) in [5, 5.41) is 9.74. The van der Waals surface area contributed by atoms with Crippen LogP contribution in [0.25, 0.3) is 10.8 Å². The third-order valence-electron chi connectivity index (χ3n) is 3.07. The van der Waals surface area contributed by atoms with Gasteiger partial charge in [0.15, 0.2) is 0 Å². The number of aromatic nitrogens is 2. The first-order valence-electron chi connectivity index (χ1n) is 5.14. The Kier molecular flexibility index (Phi) is 1.85. The van der Waals surface area contributed by atoms with E-state index in [1.54, 1.807) is 18.5 Å². The van der Waals surface area contributed by atoms with Crippen LogP contribution in [-0.2, 0) is 10.3 Å². The lowest BCUT2D eigenvalue weighted by atomic mass is 10.0. The van der Waals surface area contributed by atoms with Crippen molar-refractivity contribution in [1.29, 1.82) is 0 Å². The molecular weight excluding hydrogens is 202 g/mol. The molecule has 78 valence electrons. The summed E-state index contributed by atoms with van der Waals surface area (Å²) < 4.78 is 0. The Hall–Kier alpha value is -2.06. The van der Waals surface area contributed by atoms with Gasteiger partial charge in [0.25, 0.3) is 0 Å². The highest BCUT2D eigenvalue weighted by Crippen LogP contribution is 2.49. The Balaban J connectivity index is 2.15. The van der Waals surface area contributed by atoms with Gasteiger partial charge in [-0.3, -0.25) is 0 Å². The van der Waals surface area contributed by atoms with Gasteiger partial charge in [-0.25, -0.2) is 4.79 Å². The number of carbonyl (C=O) groups excluding carboxylic acids is 1. The van der Waals surface area contributed by atoms with Crippen molar-refractivity contribution < 1.29 is 4.79 Å². The van der Waals surface area contributed by atoms with Gasteiger partial charge in [-0.15, -0.1) is 0 Å². The van der Waals surface area contributed by atoms with E-state index in [-0.39, 0.29) is 5.54 Å². The second-order valence-electron chi connectivity index (χ2n) is 4.07. The first kappa shape index (κ1) is 9.19. The molecule has 1 heterocycles. The molecule has 16 heavy (non-hydrogen) atoms. The van der Waals surface area contributed by atoms with Crippen LogP contribution in [0, 0.1) is 0 Å². The minimum Gasteiger partial charge on any atom is -0.211 e. The van der Waals surface area contributed by atoms with Gasteiger partial charge in [-0.05, 0) is 24.5 Å². The van der Waals surface area contributed by atoms with Crippen molar-refractivity contribution in [3.05, 3.63) is 36.2 Å². The van der Waals surface area contributed by atoms with Crippen LogP contribution in [0.15, 0.2) is 35.6 Å². The van der Waals surface area contributed by atoms with Gasteiger partial charge < -0.3 is 0 Å². The molecule has 1 saturated carbocycles. The summed E-state index contributed by atoms with van der Waals surface area (Å²) >= 11 is 0. The van der Waals surface area contributed by atoms with Gasteiger partial charge in [0, 0.05) is 10.8 Å². The number of benzene rings is 1. The molecule has 1 aliphatic rings. The third kappa shape index (κ3) is 1.32. The summed E-state index contributed by atoms with van der Waals surface area (Å²) in [6, 6.07) is 6.01. The van der Waals surface area contributed by atoms with E-state index in [1.807, 2.05) is 18.2 Å². The topological polar surface area (TPSA) is 55.2 Å². The van der Waals surface area contributed by atoms with E-state index in [0.717, 1.165) is 29.2 Å². The van der Waals surface area contributed by atoms with E-state index in [0.29, 0.717) is 0 Å². The molecule has 1 aromatic heterocycles. The largest absolute Gasteiger partial charge is 0.235 e. The summed E-state index contributed by atoms with van der Waals surface area (Å²) in [5.41, 5.74) is 0.760. The molecule has 3 rings (SSSR count). The van der Waals surface area contributed by atoms with Crippen LogP contribution in [0.3, 0.4) is 0 Å². The lowest BCUT2D eigenvalue weighted by Gasteiger charge is -2.08. The van der Waals surface area contributed by atoms with Crippen LogP contribution in [0.5, 0.6) is 0 Å². The zero-order valence-corrected chi connectivity index (χ0v) is 8.55. The average molecular weight is 211 g/mol. The van der Waals surface area contributed by atoms with Crippen molar-refractivity contribution in [3.8, 4) is 0 Å². The second kappa shape index (κ2) is 3.22. The summed E-state index contributed by atoms with van der Waals surface area (Å²) in [6.45, 7) is 0. The summed E-state index contributed by atoms with van der Waals surface area (Å²) in [6.07, 6.45) is 6.96. The highest BCUT2D eigenvalue weighted by molar-refractivity contribution is 5.81. The van der Waals surface area contributed by atoms with Gasteiger partial charge in [0.1, 0.15) is 0 Å². The summed E-state index contributed by atoms with van der Waals surface area (Å²) in [4.78, 5) is 14.3. The SMILES string of the molecule is O=C=NC1(c2ccc3cnncc3c2)CC1. The van der Waals surface area contributed by atoms with Crippen LogP contribution in [0.2, 0.25) is 0 Å². The fraction of sp³-hybridized carbons (Fsp3) is 0.250. The van der Waals surface area contributed by atoms with Crippen LogP contribution in [-0.4, -0.2) is 16.3 Å². The summed E-state index contributed by atoms with van der Waals surface area (Å²) in [5.74, 6) is 0. The molecule has 0 aliphatic heterocycles. The Labute approximate surface area is 92.0 Å². The van der Waals surface area contributed by atoms with E-state index < -0.39 is 0 Å². The van der Waals surface area contributed by atoms with E-state index >= 15 is 0 Å². The van der Waals surface area contributed by atoms with E-state index in [2.05, 4.69) is 15.2 Å². The van der Waals surface area contributed by atoms with Crippen molar-refractivity contribution in [2.45, 2.75) is 18.4 Å². The fourth-order valence-corrected chi connectivity index (χ4v) is 1.96. The molecule has 1 aliphatic carbocycles. The van der Waals surface area contributed by atoms with Crippen molar-refractivity contribution in [1.82, 2.24) is 10.2 Å². The fourth-order valence-electron chi connectivity index (χ4n) is 1.96. The number of hydrogen-bond acceptors (Lipinski definition) is 4. The maximum Gasteiger partial charge on any atom is 0.235 e. The molecule has 0 radical (unpaired) electrons. The maximum absolute atomic E-state index is 10.4. The molecule has 0 unspecified atom stereocenters. The third-order valence-corrected chi connectivity index (χ3v) is 3.07. The van der Waals surface area contributed by atoms with E-state index in [1.165, 1.54) is 0 Å². The quantitative estimate of drug-likeness (QED) is 0.563. The van der Waals surface area contributed by atoms with Crippen molar-refractivity contribution in [3.63, 3.8) is 0 Å². The number of nitrogens with zero attached hydrogens (tertiary/aromatic N) is 3. The molecule has 0 atom stereocenters. The molecule has 4 nitrogen and oxygen atoms in total. The molecule has 0 saturated heterocycles. The van der Waals surface area contributed by atoms with Crippen LogP contribution in [0.4, 0.5) is 0 Å². The van der Waals surface area contributed by atoms with Gasteiger partial charge in [-0.2, -0.15) is 15.2 Å². The average Bonchev–Trinajstić information content (AvgIpc) is 3.10. The molecule has 0 bridgehead atoms. The van der Waals surface area contributed by atoms with Gasteiger partial charge in [0.2, 0.25) is 6.08 Å². The molecular formula is C12H9N3O. The summed E-state index contributed by atoms with van der Waals surface area (Å²) in [7, 11) is 0. The molecule has 1 aromatic carbocycles. The minimum absolute atomic E-state index is 0.306. The lowest BCUT2D eigenvalue weighted by molar-refractivity contribution is 0.556. The maximum atomic E-state index is 10.4. The molecule has 0 amide bonds. The van der Waals surface area contributed by atoms with Crippen molar-refractivity contribution in [2.75, 3.05) is 0 Å². The second-order valence-corrected chi connectivity index (χ2v) is 4.07. The number of fused-ring (bicyclic) bond motifs is 1. The Morgan fingerprint density at radius 1 is 1.19 bits per heavy atom. The molecule has 0 N–H and O–H groups in total. The Morgan fingerprint density at radius 2 is 1.94 bits per heavy atom. The minimum atomic E-state index is -0.306. The van der Waals surface area contributed by atoms with Gasteiger partial charge in [-0.1, -0.05) is 12.1 Å². The zero-order chi connectivity index (χ0) is 11.0. The van der Waals surface area contributed by atoms with Gasteiger partial charge in [0.05, 0.1) is 17.9 Å². The van der Waals surface area contributed by atoms with E-state index in [9.17, 15) is 4.79 Å². The Morgan fingerprint density at radius 3 is 2.62 bits per heavy atom. The van der Waals surface area contributed by atoms with Crippen molar-refractivity contribution >= 4 is 16.9 Å². The first-order chi connectivity index (χ1) is 7.84. The van der Waals surface area contributed by atoms with Crippen LogP contribution in [0.1, 0.15) is 18.4 Å². The smallest absolute Gasteiger partial charge is 0.211 e. The normalized spacial score (nSPS) is 16.8. The molecule has 1 fully saturated rings. The van der Waals surface area contributed by atoms with Gasteiger partial charge >= 0.3 is 0 Å². The highest BCUT2D eigenvalue weighted by atomic mass is 16.1. The molecule has 2 aromatic rings. The highest BCUT2D eigenvalue weighted by Gasteiger charge is 2.44. The number of hydrogen-bond donors (Lipinski definition) is 0. The zero-order valence-electron chi connectivity index (χ0n) is 8.55. The molecule has 0 spiro atoms.